The first-order valence-corrected chi connectivity index (χ1v) is 7.85. The minimum Gasteiger partial charge on any atom is -0.357 e. The molecule has 1 atom stereocenters. The Morgan fingerprint density at radius 3 is 2.87 bits per heavy atom. The predicted molar refractivity (Wildman–Crippen MR) is 86.3 cm³/mol. The van der Waals surface area contributed by atoms with Gasteiger partial charge in [-0.05, 0) is 37.8 Å². The van der Waals surface area contributed by atoms with Gasteiger partial charge in [-0.25, -0.2) is 10.5 Å². The third kappa shape index (κ3) is 5.51. The molecule has 23 heavy (non-hydrogen) atoms. The van der Waals surface area contributed by atoms with Crippen molar-refractivity contribution in [3.63, 3.8) is 0 Å². The molecule has 1 aromatic heterocycles. The number of carbonyl (C=O) groups excluding carboxylic acids is 1. The number of hydrogen-bond acceptors (Lipinski definition) is 6. The second kappa shape index (κ2) is 8.46. The van der Waals surface area contributed by atoms with Crippen LogP contribution in [0.2, 0.25) is 0 Å². The summed E-state index contributed by atoms with van der Waals surface area (Å²) in [5.41, 5.74) is 8.55. The third-order valence-corrected chi connectivity index (χ3v) is 3.82. The highest BCUT2D eigenvalue weighted by molar-refractivity contribution is 5.75. The molecule has 2 heterocycles. The van der Waals surface area contributed by atoms with Crippen LogP contribution in [0.5, 0.6) is 0 Å². The summed E-state index contributed by atoms with van der Waals surface area (Å²) in [6, 6.07) is 5.61. The lowest BCUT2D eigenvalue weighted by Gasteiger charge is -2.32. The third-order valence-electron chi connectivity index (χ3n) is 3.82. The Balaban J connectivity index is 1.73. The summed E-state index contributed by atoms with van der Waals surface area (Å²) in [6.45, 7) is 3.85. The zero-order valence-electron chi connectivity index (χ0n) is 13.4. The number of nitrogens with zero attached hydrogens (tertiary/aromatic N) is 3. The first kappa shape index (κ1) is 17.2. The minimum absolute atomic E-state index is 0.0967. The van der Waals surface area contributed by atoms with Crippen LogP contribution in [0.25, 0.3) is 0 Å². The largest absolute Gasteiger partial charge is 0.357 e. The van der Waals surface area contributed by atoms with Gasteiger partial charge in [0.2, 0.25) is 5.91 Å². The van der Waals surface area contributed by atoms with Gasteiger partial charge in [-0.2, -0.15) is 5.26 Å². The van der Waals surface area contributed by atoms with Crippen LogP contribution in [-0.4, -0.2) is 36.6 Å². The summed E-state index contributed by atoms with van der Waals surface area (Å²) in [7, 11) is 0. The lowest BCUT2D eigenvalue weighted by molar-refractivity contribution is -0.134. The van der Waals surface area contributed by atoms with Gasteiger partial charge >= 0.3 is 0 Å². The SMILES string of the molecule is C[C@H](N)CONC(=O)CC1CCN(c2ccc(C#N)cn2)CC1. The second-order valence-corrected chi connectivity index (χ2v) is 5.96. The summed E-state index contributed by atoms with van der Waals surface area (Å²) >= 11 is 0. The van der Waals surface area contributed by atoms with E-state index < -0.39 is 0 Å². The van der Waals surface area contributed by atoms with E-state index in [1.165, 1.54) is 0 Å². The molecule has 1 amide bonds. The van der Waals surface area contributed by atoms with Crippen molar-refractivity contribution < 1.29 is 9.63 Å². The van der Waals surface area contributed by atoms with E-state index in [2.05, 4.69) is 21.4 Å². The van der Waals surface area contributed by atoms with Gasteiger partial charge in [-0.3, -0.25) is 9.63 Å². The van der Waals surface area contributed by atoms with Crippen LogP contribution in [0, 0.1) is 17.2 Å². The molecule has 0 bridgehead atoms. The Labute approximate surface area is 136 Å². The van der Waals surface area contributed by atoms with Gasteiger partial charge < -0.3 is 10.6 Å². The number of carbonyl (C=O) groups is 1. The van der Waals surface area contributed by atoms with E-state index in [1.807, 2.05) is 13.0 Å². The molecular weight excluding hydrogens is 294 g/mol. The van der Waals surface area contributed by atoms with E-state index in [4.69, 9.17) is 15.8 Å². The quantitative estimate of drug-likeness (QED) is 0.757. The fourth-order valence-corrected chi connectivity index (χ4v) is 2.56. The zero-order valence-corrected chi connectivity index (χ0v) is 13.4. The lowest BCUT2D eigenvalue weighted by Crippen LogP contribution is -2.37. The van der Waals surface area contributed by atoms with Gasteiger partial charge in [0.1, 0.15) is 11.9 Å². The molecule has 1 fully saturated rings. The lowest BCUT2D eigenvalue weighted by atomic mass is 9.93. The molecule has 0 radical (unpaired) electrons. The number of nitrogens with one attached hydrogen (secondary N) is 1. The average molecular weight is 317 g/mol. The van der Waals surface area contributed by atoms with Gasteiger partial charge in [0.15, 0.2) is 0 Å². The fraction of sp³-hybridized carbons (Fsp3) is 0.562. The Morgan fingerprint density at radius 2 is 2.30 bits per heavy atom. The number of hydroxylamine groups is 1. The predicted octanol–water partition coefficient (Wildman–Crippen LogP) is 0.955. The Bertz CT molecular complexity index is 545. The number of aromatic nitrogens is 1. The highest BCUT2D eigenvalue weighted by atomic mass is 16.7. The summed E-state index contributed by atoms with van der Waals surface area (Å²) < 4.78 is 0. The average Bonchev–Trinajstić information content (AvgIpc) is 2.55. The standard InChI is InChI=1S/C16H23N5O2/c1-12(18)11-23-20-16(22)8-13-4-6-21(7-5-13)15-3-2-14(9-17)10-19-15/h2-3,10,12-13H,4-8,11,18H2,1H3,(H,20,22)/t12-/m0/s1. The number of amides is 1. The zero-order chi connectivity index (χ0) is 16.7. The molecule has 1 aliphatic heterocycles. The van der Waals surface area contributed by atoms with E-state index in [0.717, 1.165) is 31.7 Å². The van der Waals surface area contributed by atoms with Crippen LogP contribution < -0.4 is 16.1 Å². The van der Waals surface area contributed by atoms with E-state index in [0.29, 0.717) is 24.5 Å². The molecule has 1 aliphatic rings. The van der Waals surface area contributed by atoms with E-state index in [-0.39, 0.29) is 11.9 Å². The number of nitrogens with two attached hydrogens (primary N) is 1. The van der Waals surface area contributed by atoms with Crippen LogP contribution in [0.4, 0.5) is 5.82 Å². The summed E-state index contributed by atoms with van der Waals surface area (Å²) in [6.07, 6.45) is 3.92. The maximum absolute atomic E-state index is 11.8. The molecule has 2 rings (SSSR count). The Hall–Kier alpha value is -2.17. The molecule has 0 spiro atoms. The van der Waals surface area contributed by atoms with Crippen molar-refractivity contribution in [1.29, 1.82) is 5.26 Å². The molecule has 3 N–H and O–H groups in total. The van der Waals surface area contributed by atoms with Crippen molar-refractivity contribution in [2.75, 3.05) is 24.6 Å². The molecule has 7 heteroatoms. The maximum atomic E-state index is 11.8. The molecule has 124 valence electrons. The summed E-state index contributed by atoms with van der Waals surface area (Å²) in [5, 5.41) is 8.79. The molecule has 1 saturated heterocycles. The number of piperidine rings is 1. The van der Waals surface area contributed by atoms with Gasteiger partial charge in [-0.1, -0.05) is 0 Å². The first-order chi connectivity index (χ1) is 11.1. The van der Waals surface area contributed by atoms with Crippen molar-refractivity contribution in [2.24, 2.45) is 11.7 Å². The highest BCUT2D eigenvalue weighted by Crippen LogP contribution is 2.24. The number of pyridine rings is 1. The van der Waals surface area contributed by atoms with Gasteiger partial charge in [-0.15, -0.1) is 0 Å². The van der Waals surface area contributed by atoms with Gasteiger partial charge in [0.05, 0.1) is 12.2 Å². The van der Waals surface area contributed by atoms with Crippen LogP contribution in [0.15, 0.2) is 18.3 Å². The van der Waals surface area contributed by atoms with Crippen molar-refractivity contribution in [2.45, 2.75) is 32.2 Å². The number of nitriles is 1. The Morgan fingerprint density at radius 1 is 1.57 bits per heavy atom. The molecule has 0 aliphatic carbocycles. The van der Waals surface area contributed by atoms with Crippen molar-refractivity contribution in [3.05, 3.63) is 23.9 Å². The first-order valence-electron chi connectivity index (χ1n) is 7.85. The topological polar surface area (TPSA) is 104 Å². The highest BCUT2D eigenvalue weighted by Gasteiger charge is 2.22. The normalized spacial score (nSPS) is 16.7. The van der Waals surface area contributed by atoms with E-state index in [1.54, 1.807) is 12.3 Å². The van der Waals surface area contributed by atoms with E-state index in [9.17, 15) is 4.79 Å². The minimum atomic E-state index is -0.0986. The van der Waals surface area contributed by atoms with Crippen LogP contribution in [0.1, 0.15) is 31.7 Å². The maximum Gasteiger partial charge on any atom is 0.243 e. The van der Waals surface area contributed by atoms with E-state index >= 15 is 0 Å². The van der Waals surface area contributed by atoms with Gasteiger partial charge in [0.25, 0.3) is 0 Å². The van der Waals surface area contributed by atoms with Crippen LogP contribution >= 0.6 is 0 Å². The molecule has 0 aromatic carbocycles. The van der Waals surface area contributed by atoms with Crippen LogP contribution in [0.3, 0.4) is 0 Å². The number of anilines is 1. The molecular formula is C16H23N5O2. The summed E-state index contributed by atoms with van der Waals surface area (Å²) in [4.78, 5) is 23.3. The van der Waals surface area contributed by atoms with Crippen molar-refractivity contribution in [1.82, 2.24) is 10.5 Å². The summed E-state index contributed by atoms with van der Waals surface area (Å²) in [5.74, 6) is 1.14. The number of hydrogen-bond donors (Lipinski definition) is 2. The molecule has 0 unspecified atom stereocenters. The molecule has 7 nitrogen and oxygen atoms in total. The molecule has 0 saturated carbocycles. The monoisotopic (exact) mass is 317 g/mol. The second-order valence-electron chi connectivity index (χ2n) is 5.96. The van der Waals surface area contributed by atoms with Crippen LogP contribution in [-0.2, 0) is 9.63 Å². The van der Waals surface area contributed by atoms with Crippen molar-refractivity contribution in [3.8, 4) is 6.07 Å². The smallest absolute Gasteiger partial charge is 0.243 e. The van der Waals surface area contributed by atoms with Gasteiger partial charge in [0, 0.05) is 31.7 Å². The number of rotatable bonds is 6. The molecule has 1 aromatic rings. The Kier molecular flexibility index (Phi) is 6.32. The fourth-order valence-electron chi connectivity index (χ4n) is 2.56. The van der Waals surface area contributed by atoms with Crippen molar-refractivity contribution >= 4 is 11.7 Å².